The average Bonchev–Trinajstić information content (AvgIpc) is 2.85. The van der Waals surface area contributed by atoms with Crippen molar-refractivity contribution in [1.29, 1.82) is 0 Å². The minimum absolute atomic E-state index is 0.0613. The molecule has 2 amide bonds. The first kappa shape index (κ1) is 31.5. The van der Waals surface area contributed by atoms with E-state index in [0.29, 0.717) is 0 Å². The molecule has 39 heavy (non-hydrogen) atoms. The number of benzene rings is 2. The molecule has 0 saturated heterocycles. The number of nitrogens with one attached hydrogen (secondary N) is 3. The third kappa shape index (κ3) is 12.1. The smallest absolute Gasteiger partial charge is 0.408 e. The Morgan fingerprint density at radius 1 is 0.795 bits per heavy atom. The molecule has 0 aromatic heterocycles. The van der Waals surface area contributed by atoms with Gasteiger partial charge in [0.2, 0.25) is 5.91 Å². The van der Waals surface area contributed by atoms with Crippen molar-refractivity contribution >= 4 is 23.8 Å². The lowest BCUT2D eigenvalue weighted by atomic mass is 10.0. The van der Waals surface area contributed by atoms with Crippen LogP contribution in [0.15, 0.2) is 60.7 Å². The minimum Gasteiger partial charge on any atom is -0.480 e. The summed E-state index contributed by atoms with van der Waals surface area (Å²) in [6, 6.07) is 15.7. The maximum Gasteiger partial charge on any atom is 0.408 e. The van der Waals surface area contributed by atoms with Crippen LogP contribution in [-0.4, -0.2) is 59.1 Å². The Balaban J connectivity index is 2.19. The minimum atomic E-state index is -1.11. The lowest BCUT2D eigenvalue weighted by molar-refractivity contribution is -0.142. The van der Waals surface area contributed by atoms with Gasteiger partial charge in [-0.25, -0.2) is 9.59 Å². The maximum atomic E-state index is 13.3. The van der Waals surface area contributed by atoms with E-state index in [1.165, 1.54) is 0 Å². The van der Waals surface area contributed by atoms with Crippen LogP contribution in [0.1, 0.15) is 52.2 Å². The highest BCUT2D eigenvalue weighted by Gasteiger charge is 2.29. The Labute approximate surface area is 230 Å². The van der Waals surface area contributed by atoms with E-state index in [-0.39, 0.29) is 37.5 Å². The average molecular weight is 540 g/mol. The number of aliphatic carboxylic acids is 1. The molecule has 4 N–H and O–H groups in total. The topological polar surface area (TPSA) is 134 Å². The SMILES string of the molecule is CC(C)C[C@H](NC(=O)[C@H](Cc1ccccc1)NCC(=O)[C@H](Cc1ccccc1)NC(=O)OC(C)(C)C)C(=O)O. The van der Waals surface area contributed by atoms with Crippen molar-refractivity contribution in [3.05, 3.63) is 71.8 Å². The highest BCUT2D eigenvalue weighted by molar-refractivity contribution is 5.91. The van der Waals surface area contributed by atoms with E-state index in [4.69, 9.17) is 4.74 Å². The summed E-state index contributed by atoms with van der Waals surface area (Å²) in [6.45, 7) is 8.74. The van der Waals surface area contributed by atoms with Crippen molar-refractivity contribution in [3.8, 4) is 0 Å². The second-order valence-electron chi connectivity index (χ2n) is 11.0. The third-order valence-electron chi connectivity index (χ3n) is 5.81. The van der Waals surface area contributed by atoms with Crippen molar-refractivity contribution in [2.24, 2.45) is 5.92 Å². The number of ether oxygens (including phenoxy) is 1. The molecule has 0 saturated carbocycles. The summed E-state index contributed by atoms with van der Waals surface area (Å²) in [5, 5.41) is 17.9. The standard InChI is InChI=1S/C30H41N3O6/c1-20(2)16-25(28(36)37)32-27(35)24(18-22-14-10-7-11-15-22)31-19-26(34)23(17-21-12-8-6-9-13-21)33-29(38)39-30(3,4)5/h6-15,20,23-25,31H,16-19H2,1-5H3,(H,32,35)(H,33,38)(H,36,37)/t23-,24-,25-/m0/s1. The van der Waals surface area contributed by atoms with Crippen LogP contribution in [0.4, 0.5) is 4.79 Å². The first-order chi connectivity index (χ1) is 18.3. The number of Topliss-reactive ketones (excluding diaryl/α,β-unsaturated/α-hetero) is 1. The summed E-state index contributed by atoms with van der Waals surface area (Å²) < 4.78 is 5.35. The molecule has 0 unspecified atom stereocenters. The van der Waals surface area contributed by atoms with Gasteiger partial charge < -0.3 is 20.5 Å². The quantitative estimate of drug-likeness (QED) is 0.289. The molecule has 2 rings (SSSR count). The van der Waals surface area contributed by atoms with Gasteiger partial charge in [-0.15, -0.1) is 0 Å². The fourth-order valence-corrected chi connectivity index (χ4v) is 3.96. The lowest BCUT2D eigenvalue weighted by Crippen LogP contribution is -2.54. The van der Waals surface area contributed by atoms with Crippen LogP contribution in [0, 0.1) is 5.92 Å². The number of amides is 2. The van der Waals surface area contributed by atoms with Crippen LogP contribution in [-0.2, 0) is 32.0 Å². The van der Waals surface area contributed by atoms with Gasteiger partial charge in [-0.2, -0.15) is 0 Å². The first-order valence-electron chi connectivity index (χ1n) is 13.2. The summed E-state index contributed by atoms with van der Waals surface area (Å²) in [5.41, 5.74) is 0.961. The number of ketones is 1. The molecule has 212 valence electrons. The number of rotatable bonds is 14. The normalized spacial score (nSPS) is 13.7. The second kappa shape index (κ2) is 15.0. The van der Waals surface area contributed by atoms with E-state index in [1.807, 2.05) is 74.5 Å². The predicted molar refractivity (Wildman–Crippen MR) is 149 cm³/mol. The zero-order chi connectivity index (χ0) is 29.0. The van der Waals surface area contributed by atoms with Gasteiger partial charge in [0.15, 0.2) is 5.78 Å². The highest BCUT2D eigenvalue weighted by atomic mass is 16.6. The van der Waals surface area contributed by atoms with E-state index in [2.05, 4.69) is 16.0 Å². The molecular weight excluding hydrogens is 498 g/mol. The Morgan fingerprint density at radius 2 is 1.31 bits per heavy atom. The van der Waals surface area contributed by atoms with Gasteiger partial charge in [-0.1, -0.05) is 74.5 Å². The molecule has 0 bridgehead atoms. The van der Waals surface area contributed by atoms with Crippen LogP contribution in [0.5, 0.6) is 0 Å². The molecule has 0 aliphatic heterocycles. The zero-order valence-electron chi connectivity index (χ0n) is 23.4. The molecular formula is C30H41N3O6. The monoisotopic (exact) mass is 539 g/mol. The summed E-state index contributed by atoms with van der Waals surface area (Å²) in [7, 11) is 0. The summed E-state index contributed by atoms with van der Waals surface area (Å²) >= 11 is 0. The lowest BCUT2D eigenvalue weighted by Gasteiger charge is -2.25. The summed E-state index contributed by atoms with van der Waals surface area (Å²) in [4.78, 5) is 50.8. The van der Waals surface area contributed by atoms with E-state index in [0.717, 1.165) is 11.1 Å². The number of carboxylic acids is 1. The molecule has 0 aliphatic carbocycles. The molecule has 0 radical (unpaired) electrons. The fraction of sp³-hybridized carbons (Fsp3) is 0.467. The summed E-state index contributed by atoms with van der Waals surface area (Å²) in [5.74, 6) is -1.91. The molecule has 3 atom stereocenters. The molecule has 9 heteroatoms. The van der Waals surface area contributed by atoms with Gasteiger partial charge in [-0.3, -0.25) is 14.9 Å². The van der Waals surface area contributed by atoms with Gasteiger partial charge >= 0.3 is 12.1 Å². The molecule has 2 aromatic carbocycles. The van der Waals surface area contributed by atoms with Crippen molar-refractivity contribution in [2.75, 3.05) is 6.54 Å². The maximum absolute atomic E-state index is 13.3. The van der Waals surface area contributed by atoms with Crippen LogP contribution >= 0.6 is 0 Å². The Bertz CT molecular complexity index is 1080. The van der Waals surface area contributed by atoms with Crippen LogP contribution in [0.3, 0.4) is 0 Å². The van der Waals surface area contributed by atoms with Gasteiger partial charge in [-0.05, 0) is 57.1 Å². The van der Waals surface area contributed by atoms with Crippen molar-refractivity contribution in [2.45, 2.75) is 77.6 Å². The fourth-order valence-electron chi connectivity index (χ4n) is 3.96. The number of hydrogen-bond donors (Lipinski definition) is 4. The zero-order valence-corrected chi connectivity index (χ0v) is 23.4. The first-order valence-corrected chi connectivity index (χ1v) is 13.2. The van der Waals surface area contributed by atoms with Gasteiger partial charge in [0.1, 0.15) is 11.6 Å². The van der Waals surface area contributed by atoms with Crippen molar-refractivity contribution in [3.63, 3.8) is 0 Å². The number of carboxylic acid groups (broad SMARTS) is 1. The predicted octanol–water partition coefficient (Wildman–Crippen LogP) is 3.51. The van der Waals surface area contributed by atoms with E-state index in [9.17, 15) is 24.3 Å². The molecule has 2 aromatic rings. The van der Waals surface area contributed by atoms with Gasteiger partial charge in [0.25, 0.3) is 0 Å². The largest absolute Gasteiger partial charge is 0.480 e. The van der Waals surface area contributed by atoms with Gasteiger partial charge in [0.05, 0.1) is 18.6 Å². The number of hydrogen-bond acceptors (Lipinski definition) is 6. The van der Waals surface area contributed by atoms with E-state index in [1.54, 1.807) is 20.8 Å². The molecule has 0 heterocycles. The molecule has 0 aliphatic rings. The number of alkyl carbamates (subject to hydrolysis) is 1. The number of carbonyl (C=O) groups excluding carboxylic acids is 3. The van der Waals surface area contributed by atoms with Gasteiger partial charge in [0, 0.05) is 0 Å². The third-order valence-corrected chi connectivity index (χ3v) is 5.81. The Hall–Kier alpha value is -3.72. The Kier molecular flexibility index (Phi) is 12.1. The highest BCUT2D eigenvalue weighted by Crippen LogP contribution is 2.11. The Morgan fingerprint density at radius 3 is 1.77 bits per heavy atom. The van der Waals surface area contributed by atoms with Crippen LogP contribution < -0.4 is 16.0 Å². The number of carbonyl (C=O) groups is 4. The molecule has 0 spiro atoms. The molecule has 0 fully saturated rings. The van der Waals surface area contributed by atoms with Crippen LogP contribution in [0.25, 0.3) is 0 Å². The second-order valence-corrected chi connectivity index (χ2v) is 11.0. The van der Waals surface area contributed by atoms with Crippen LogP contribution in [0.2, 0.25) is 0 Å². The van der Waals surface area contributed by atoms with E-state index >= 15 is 0 Å². The van der Waals surface area contributed by atoms with E-state index < -0.39 is 41.7 Å². The van der Waals surface area contributed by atoms with Crippen molar-refractivity contribution < 1.29 is 29.0 Å². The molecule has 9 nitrogen and oxygen atoms in total. The summed E-state index contributed by atoms with van der Waals surface area (Å²) in [6.07, 6.45) is 0.0489. The van der Waals surface area contributed by atoms with Crippen molar-refractivity contribution in [1.82, 2.24) is 16.0 Å².